The van der Waals surface area contributed by atoms with Gasteiger partial charge in [0, 0.05) is 0 Å². The molecular formula is C9H13Al. The Bertz CT molecular complexity index is 208. The molecule has 1 rings (SSSR count). The van der Waals surface area contributed by atoms with Crippen LogP contribution in [0.1, 0.15) is 18.1 Å². The quantitative estimate of drug-likeness (QED) is 0.517. The standard InChI is InChI=1S/C9H11.Al.2H/c1-3-9-7-5-4-6-8(9)2;;;/h4-6H,3H2,1-2H3;;;. The molecule has 1 aromatic rings. The monoisotopic (exact) mass is 148 g/mol. The zero-order chi connectivity index (χ0) is 7.56. The summed E-state index contributed by atoms with van der Waals surface area (Å²) in [6.07, 6.45) is 1.19. The van der Waals surface area contributed by atoms with E-state index in [4.69, 9.17) is 0 Å². The van der Waals surface area contributed by atoms with Crippen LogP contribution in [0.3, 0.4) is 0 Å². The van der Waals surface area contributed by atoms with Gasteiger partial charge in [0.25, 0.3) is 16.3 Å². The zero-order valence-electron chi connectivity index (χ0n) is 6.94. The molecule has 0 saturated heterocycles. The molecule has 0 heterocycles. The van der Waals surface area contributed by atoms with E-state index >= 15 is 0 Å². The van der Waals surface area contributed by atoms with Crippen LogP contribution in [0.5, 0.6) is 0 Å². The molecule has 0 amide bonds. The minimum Gasteiger partial charge on any atom is -0.117 e. The van der Waals surface area contributed by atoms with Gasteiger partial charge in [-0.05, 0) is 18.9 Å². The summed E-state index contributed by atoms with van der Waals surface area (Å²) < 4.78 is 1.56. The van der Waals surface area contributed by atoms with Gasteiger partial charge in [-0.1, -0.05) is 30.7 Å². The second-order valence-electron chi connectivity index (χ2n) is 2.72. The molecule has 0 N–H and O–H groups in total. The van der Waals surface area contributed by atoms with Crippen molar-refractivity contribution in [2.45, 2.75) is 20.3 Å². The molecule has 0 saturated carbocycles. The van der Waals surface area contributed by atoms with Crippen LogP contribution in [-0.2, 0) is 6.42 Å². The number of rotatable bonds is 1. The third-order valence-electron chi connectivity index (χ3n) is 2.00. The molecule has 0 aromatic heterocycles. The predicted molar refractivity (Wildman–Crippen MR) is 48.7 cm³/mol. The largest absolute Gasteiger partial charge is 0.259 e. The molecule has 1 aromatic carbocycles. The van der Waals surface area contributed by atoms with E-state index in [1.54, 1.807) is 9.99 Å². The van der Waals surface area contributed by atoms with Crippen LogP contribution in [0.4, 0.5) is 0 Å². The van der Waals surface area contributed by atoms with Crippen LogP contribution in [0.2, 0.25) is 0 Å². The van der Waals surface area contributed by atoms with Crippen molar-refractivity contribution in [3.05, 3.63) is 29.3 Å². The smallest absolute Gasteiger partial charge is 0.117 e. The first-order valence-electron chi connectivity index (χ1n) is 3.80. The highest BCUT2D eigenvalue weighted by molar-refractivity contribution is 6.33. The zero-order valence-corrected chi connectivity index (χ0v) is 8.94. The average molecular weight is 148 g/mol. The average Bonchev–Trinajstić information content (AvgIpc) is 1.88. The lowest BCUT2D eigenvalue weighted by Gasteiger charge is -2.05. The Morgan fingerprint density at radius 2 is 2.10 bits per heavy atom. The highest BCUT2D eigenvalue weighted by Gasteiger charge is 1.96. The van der Waals surface area contributed by atoms with E-state index in [0.29, 0.717) is 0 Å². The Kier molecular flexibility index (Phi) is 2.54. The molecule has 0 bridgehead atoms. The number of aryl methyl sites for hydroxylation is 1. The Hall–Kier alpha value is -0.248. The molecule has 1 heteroatoms. The van der Waals surface area contributed by atoms with E-state index in [2.05, 4.69) is 32.0 Å². The fraction of sp³-hybridized carbons (Fsp3) is 0.333. The summed E-state index contributed by atoms with van der Waals surface area (Å²) in [5.74, 6) is 0. The maximum absolute atomic E-state index is 2.23. The van der Waals surface area contributed by atoms with Gasteiger partial charge in [0.15, 0.2) is 0 Å². The Morgan fingerprint density at radius 3 is 2.50 bits per heavy atom. The van der Waals surface area contributed by atoms with Crippen molar-refractivity contribution in [1.29, 1.82) is 0 Å². The van der Waals surface area contributed by atoms with Crippen molar-refractivity contribution in [3.8, 4) is 0 Å². The van der Waals surface area contributed by atoms with Crippen LogP contribution in [0, 0.1) is 6.92 Å². The fourth-order valence-electron chi connectivity index (χ4n) is 1.41. The molecular weight excluding hydrogens is 135 g/mol. The summed E-state index contributed by atoms with van der Waals surface area (Å²) in [6, 6.07) is 6.58. The Labute approximate surface area is 70.7 Å². The number of hydrogen-bond donors (Lipinski definition) is 0. The third kappa shape index (κ3) is 1.42. The molecule has 0 radical (unpaired) electrons. The van der Waals surface area contributed by atoms with Gasteiger partial charge in [0.05, 0.1) is 0 Å². The first-order chi connectivity index (χ1) is 4.75. The van der Waals surface area contributed by atoms with Crippen LogP contribution in [-0.4, -0.2) is 16.3 Å². The molecule has 0 nitrogen and oxygen atoms in total. The van der Waals surface area contributed by atoms with Gasteiger partial charge in [0.2, 0.25) is 0 Å². The van der Waals surface area contributed by atoms with E-state index < -0.39 is 0 Å². The van der Waals surface area contributed by atoms with Crippen LogP contribution < -0.4 is 4.43 Å². The van der Waals surface area contributed by atoms with Crippen LogP contribution >= 0.6 is 0 Å². The molecule has 0 aliphatic carbocycles. The highest BCUT2D eigenvalue weighted by Crippen LogP contribution is 2.03. The minimum atomic E-state index is 1.18. The van der Waals surface area contributed by atoms with Gasteiger partial charge in [-0.2, -0.15) is 0 Å². The van der Waals surface area contributed by atoms with Crippen molar-refractivity contribution in [3.63, 3.8) is 0 Å². The molecule has 10 heavy (non-hydrogen) atoms. The van der Waals surface area contributed by atoms with E-state index in [1.165, 1.54) is 28.3 Å². The van der Waals surface area contributed by atoms with E-state index in [0.717, 1.165) is 0 Å². The molecule has 0 unspecified atom stereocenters. The van der Waals surface area contributed by atoms with Crippen molar-refractivity contribution >= 4 is 20.7 Å². The van der Waals surface area contributed by atoms with Gasteiger partial charge in [-0.25, -0.2) is 0 Å². The molecule has 0 aliphatic heterocycles. The molecule has 0 atom stereocenters. The van der Waals surface area contributed by atoms with E-state index in [9.17, 15) is 0 Å². The summed E-state index contributed by atoms with van der Waals surface area (Å²) in [7, 11) is 0. The van der Waals surface area contributed by atoms with Gasteiger partial charge in [0.1, 0.15) is 0 Å². The Morgan fingerprint density at radius 1 is 1.40 bits per heavy atom. The topological polar surface area (TPSA) is 0 Å². The maximum Gasteiger partial charge on any atom is 0.259 e. The van der Waals surface area contributed by atoms with Crippen molar-refractivity contribution < 1.29 is 0 Å². The van der Waals surface area contributed by atoms with Crippen LogP contribution in [0.25, 0.3) is 0 Å². The Balaban J connectivity index is 3.17. The summed E-state index contributed by atoms with van der Waals surface area (Å²) in [6.45, 7) is 4.42. The first kappa shape index (κ1) is 7.86. The van der Waals surface area contributed by atoms with Gasteiger partial charge < -0.3 is 0 Å². The molecule has 0 aliphatic rings. The first-order valence-corrected chi connectivity index (χ1v) is 4.80. The van der Waals surface area contributed by atoms with Gasteiger partial charge in [-0.3, -0.25) is 0 Å². The lowest BCUT2D eigenvalue weighted by molar-refractivity contribution is 1.12. The van der Waals surface area contributed by atoms with Gasteiger partial charge in [-0.15, -0.1) is 4.43 Å². The highest BCUT2D eigenvalue weighted by atomic mass is 27.0. The molecule has 52 valence electrons. The number of hydrogen-bond acceptors (Lipinski definition) is 0. The SMILES string of the molecule is CCc1c(C)ccc[c]1[AlH2]. The van der Waals surface area contributed by atoms with E-state index in [-0.39, 0.29) is 0 Å². The van der Waals surface area contributed by atoms with Crippen molar-refractivity contribution in [2.24, 2.45) is 0 Å². The summed E-state index contributed by atoms with van der Waals surface area (Å²) in [5, 5.41) is 0. The summed E-state index contributed by atoms with van der Waals surface area (Å²) in [4.78, 5) is 0. The third-order valence-corrected chi connectivity index (χ3v) is 2.93. The molecule has 0 fully saturated rings. The second kappa shape index (κ2) is 3.23. The summed E-state index contributed by atoms with van der Waals surface area (Å²) in [5.41, 5.74) is 3.02. The maximum atomic E-state index is 2.23. The van der Waals surface area contributed by atoms with E-state index in [1.807, 2.05) is 0 Å². The minimum absolute atomic E-state index is 1.18. The lowest BCUT2D eigenvalue weighted by Crippen LogP contribution is -2.10. The predicted octanol–water partition coefficient (Wildman–Crippen LogP) is 0.816. The second-order valence-corrected chi connectivity index (χ2v) is 3.80. The number of benzene rings is 1. The van der Waals surface area contributed by atoms with Gasteiger partial charge >= 0.3 is 0 Å². The van der Waals surface area contributed by atoms with Crippen molar-refractivity contribution in [1.82, 2.24) is 0 Å². The van der Waals surface area contributed by atoms with Crippen LogP contribution in [0.15, 0.2) is 18.2 Å². The van der Waals surface area contributed by atoms with Crippen molar-refractivity contribution in [2.75, 3.05) is 0 Å². The molecule has 0 spiro atoms. The lowest BCUT2D eigenvalue weighted by atomic mass is 10.1. The summed E-state index contributed by atoms with van der Waals surface area (Å²) >= 11 is 1.18. The fourth-order valence-corrected chi connectivity index (χ4v) is 2.35. The normalized spacial score (nSPS) is 9.80.